The number of rotatable bonds is 6. The Hall–Kier alpha value is -1.58. The average Bonchev–Trinajstić information content (AvgIpc) is 2.88. The number of carbonyl (C=O) groups is 1. The molecule has 0 saturated carbocycles. The highest BCUT2D eigenvalue weighted by atomic mass is 16.1. The second kappa shape index (κ2) is 6.38. The van der Waals surface area contributed by atoms with E-state index >= 15 is 0 Å². The topological polar surface area (TPSA) is 45.2 Å². The molecule has 98 valence electrons. The first-order chi connectivity index (χ1) is 8.86. The van der Waals surface area contributed by atoms with Crippen molar-refractivity contribution in [2.75, 3.05) is 18.4 Å². The molecule has 2 rings (SSSR count). The van der Waals surface area contributed by atoms with Crippen LogP contribution in [0.3, 0.4) is 0 Å². The molecule has 0 bridgehead atoms. The summed E-state index contributed by atoms with van der Waals surface area (Å²) in [6.07, 6.45) is 7.18. The molecule has 1 saturated heterocycles. The van der Waals surface area contributed by atoms with E-state index in [4.69, 9.17) is 0 Å². The van der Waals surface area contributed by atoms with Gasteiger partial charge in [0.25, 0.3) is 0 Å². The minimum absolute atomic E-state index is 0.195. The van der Waals surface area contributed by atoms with Crippen LogP contribution in [0.4, 0.5) is 5.82 Å². The van der Waals surface area contributed by atoms with Crippen molar-refractivity contribution < 1.29 is 4.79 Å². The van der Waals surface area contributed by atoms with Gasteiger partial charge in [-0.3, -0.25) is 4.79 Å². The summed E-state index contributed by atoms with van der Waals surface area (Å²) in [5, 5.41) is 3.38. The maximum absolute atomic E-state index is 11.0. The molecule has 1 atom stereocenters. The van der Waals surface area contributed by atoms with Gasteiger partial charge in [0.15, 0.2) is 0 Å². The molecule has 1 unspecified atom stereocenters. The zero-order valence-corrected chi connectivity index (χ0v) is 10.9. The van der Waals surface area contributed by atoms with Gasteiger partial charge in [-0.15, -0.1) is 0 Å². The molecule has 1 amide bonds. The molecule has 1 fully saturated rings. The van der Waals surface area contributed by atoms with E-state index in [1.165, 1.54) is 6.42 Å². The van der Waals surface area contributed by atoms with E-state index in [0.717, 1.165) is 50.1 Å². The number of hydrogen-bond donors (Lipinski definition) is 1. The molecule has 4 heteroatoms. The third-order valence-corrected chi connectivity index (χ3v) is 3.45. The molecule has 0 aromatic carbocycles. The van der Waals surface area contributed by atoms with E-state index < -0.39 is 0 Å². The van der Waals surface area contributed by atoms with Crippen molar-refractivity contribution in [3.05, 3.63) is 23.9 Å². The zero-order chi connectivity index (χ0) is 12.8. The lowest BCUT2D eigenvalue weighted by Crippen LogP contribution is -2.22. The predicted molar refractivity (Wildman–Crippen MR) is 72.4 cm³/mol. The Morgan fingerprint density at radius 3 is 3.28 bits per heavy atom. The summed E-state index contributed by atoms with van der Waals surface area (Å²) in [6, 6.07) is 4.22. The highest BCUT2D eigenvalue weighted by Crippen LogP contribution is 2.33. The van der Waals surface area contributed by atoms with Gasteiger partial charge in [0.05, 0.1) is 6.04 Å². The summed E-state index contributed by atoms with van der Waals surface area (Å²) < 4.78 is 0. The molecule has 1 aliphatic rings. The van der Waals surface area contributed by atoms with Gasteiger partial charge < -0.3 is 10.2 Å². The lowest BCUT2D eigenvalue weighted by atomic mass is 10.1. The molecule has 1 aromatic heterocycles. The molecule has 1 N–H and O–H groups in total. The number of unbranched alkanes of at least 4 members (excludes halogenated alkanes) is 1. The van der Waals surface area contributed by atoms with Gasteiger partial charge in [0.1, 0.15) is 5.82 Å². The quantitative estimate of drug-likeness (QED) is 0.621. The second-order valence-corrected chi connectivity index (χ2v) is 4.72. The fourth-order valence-corrected chi connectivity index (χ4v) is 2.47. The van der Waals surface area contributed by atoms with E-state index in [9.17, 15) is 4.79 Å². The third kappa shape index (κ3) is 2.81. The number of likely N-dealkylation sites (tertiary alicyclic amines) is 1. The zero-order valence-electron chi connectivity index (χ0n) is 10.9. The van der Waals surface area contributed by atoms with Crippen LogP contribution in [0.1, 0.15) is 44.2 Å². The van der Waals surface area contributed by atoms with Gasteiger partial charge in [-0.25, -0.2) is 4.98 Å². The number of hydrogen-bond acceptors (Lipinski definition) is 3. The van der Waals surface area contributed by atoms with Gasteiger partial charge in [0, 0.05) is 24.8 Å². The first-order valence-corrected chi connectivity index (χ1v) is 6.76. The van der Waals surface area contributed by atoms with E-state index in [1.54, 1.807) is 6.20 Å². The maximum Gasteiger partial charge on any atom is 0.210 e. The number of amides is 1. The monoisotopic (exact) mass is 247 g/mol. The normalized spacial score (nSPS) is 18.9. The van der Waals surface area contributed by atoms with Gasteiger partial charge in [-0.05, 0) is 25.3 Å². The van der Waals surface area contributed by atoms with Crippen LogP contribution in [0.15, 0.2) is 18.3 Å². The summed E-state index contributed by atoms with van der Waals surface area (Å²) in [6.45, 7) is 3.97. The lowest BCUT2D eigenvalue weighted by molar-refractivity contribution is -0.118. The smallest absolute Gasteiger partial charge is 0.210 e. The highest BCUT2D eigenvalue weighted by molar-refractivity contribution is 5.53. The van der Waals surface area contributed by atoms with Crippen molar-refractivity contribution in [3.8, 4) is 0 Å². The van der Waals surface area contributed by atoms with Crippen molar-refractivity contribution in [1.29, 1.82) is 0 Å². The highest BCUT2D eigenvalue weighted by Gasteiger charge is 2.26. The molecule has 4 nitrogen and oxygen atoms in total. The number of nitrogens with one attached hydrogen (secondary N) is 1. The standard InChI is InChI=1S/C14H21N3O/c1-2-3-8-15-14-12(6-4-9-16-14)13-7-5-10-17(13)11-18/h4,6,9,11,13H,2-3,5,7-8,10H2,1H3,(H,15,16). The van der Waals surface area contributed by atoms with Crippen LogP contribution in [0.2, 0.25) is 0 Å². The van der Waals surface area contributed by atoms with Gasteiger partial charge >= 0.3 is 0 Å². The first-order valence-electron chi connectivity index (χ1n) is 6.76. The third-order valence-electron chi connectivity index (χ3n) is 3.45. The predicted octanol–water partition coefficient (Wildman–Crippen LogP) is 2.59. The first kappa shape index (κ1) is 12.9. The van der Waals surface area contributed by atoms with E-state index in [2.05, 4.69) is 23.3 Å². The van der Waals surface area contributed by atoms with Crippen LogP contribution in [0.5, 0.6) is 0 Å². The lowest BCUT2D eigenvalue weighted by Gasteiger charge is -2.22. The summed E-state index contributed by atoms with van der Waals surface area (Å²) in [7, 11) is 0. The van der Waals surface area contributed by atoms with Crippen LogP contribution < -0.4 is 5.32 Å². The SMILES string of the molecule is CCCCNc1ncccc1C1CCCN1C=O. The van der Waals surface area contributed by atoms with Crippen LogP contribution >= 0.6 is 0 Å². The Balaban J connectivity index is 2.13. The molecule has 1 aromatic rings. The van der Waals surface area contributed by atoms with E-state index in [0.29, 0.717) is 0 Å². The van der Waals surface area contributed by atoms with Crippen LogP contribution in [-0.4, -0.2) is 29.4 Å². The molecular weight excluding hydrogens is 226 g/mol. The van der Waals surface area contributed by atoms with Gasteiger partial charge in [-0.1, -0.05) is 19.4 Å². The van der Waals surface area contributed by atoms with Crippen molar-refractivity contribution in [2.45, 2.75) is 38.6 Å². The molecule has 0 radical (unpaired) electrons. The fourth-order valence-electron chi connectivity index (χ4n) is 2.47. The summed E-state index contributed by atoms with van der Waals surface area (Å²) in [5.74, 6) is 0.935. The summed E-state index contributed by atoms with van der Waals surface area (Å²) >= 11 is 0. The number of carbonyl (C=O) groups excluding carboxylic acids is 1. The van der Waals surface area contributed by atoms with Crippen LogP contribution in [0.25, 0.3) is 0 Å². The molecule has 0 spiro atoms. The Morgan fingerprint density at radius 1 is 1.61 bits per heavy atom. The van der Waals surface area contributed by atoms with Crippen molar-refractivity contribution in [3.63, 3.8) is 0 Å². The molecule has 0 aliphatic carbocycles. The number of aromatic nitrogens is 1. The second-order valence-electron chi connectivity index (χ2n) is 4.72. The molecule has 2 heterocycles. The molecular formula is C14H21N3O. The minimum atomic E-state index is 0.195. The Morgan fingerprint density at radius 2 is 2.50 bits per heavy atom. The Labute approximate surface area is 108 Å². The van der Waals surface area contributed by atoms with Crippen LogP contribution in [-0.2, 0) is 4.79 Å². The minimum Gasteiger partial charge on any atom is -0.370 e. The van der Waals surface area contributed by atoms with Crippen molar-refractivity contribution in [2.24, 2.45) is 0 Å². The Kier molecular flexibility index (Phi) is 4.56. The van der Waals surface area contributed by atoms with E-state index in [-0.39, 0.29) is 6.04 Å². The number of pyridine rings is 1. The van der Waals surface area contributed by atoms with Gasteiger partial charge in [0.2, 0.25) is 6.41 Å². The van der Waals surface area contributed by atoms with Crippen molar-refractivity contribution >= 4 is 12.2 Å². The number of nitrogens with zero attached hydrogens (tertiary/aromatic N) is 2. The maximum atomic E-state index is 11.0. The Bertz CT molecular complexity index is 394. The molecule has 1 aliphatic heterocycles. The fraction of sp³-hybridized carbons (Fsp3) is 0.571. The molecule has 18 heavy (non-hydrogen) atoms. The summed E-state index contributed by atoms with van der Waals surface area (Å²) in [4.78, 5) is 17.3. The largest absolute Gasteiger partial charge is 0.370 e. The van der Waals surface area contributed by atoms with Crippen LogP contribution in [0, 0.1) is 0 Å². The van der Waals surface area contributed by atoms with E-state index in [1.807, 2.05) is 11.0 Å². The van der Waals surface area contributed by atoms with Crippen molar-refractivity contribution in [1.82, 2.24) is 9.88 Å². The number of anilines is 1. The summed E-state index contributed by atoms with van der Waals surface area (Å²) in [5.41, 5.74) is 1.15. The average molecular weight is 247 g/mol. The van der Waals surface area contributed by atoms with Gasteiger partial charge in [-0.2, -0.15) is 0 Å².